The fourth-order valence-corrected chi connectivity index (χ4v) is 1.92. The third kappa shape index (κ3) is 1.97. The molecule has 0 spiro atoms. The Morgan fingerprint density at radius 2 is 2.17 bits per heavy atom. The van der Waals surface area contributed by atoms with Crippen LogP contribution in [0.3, 0.4) is 0 Å². The van der Waals surface area contributed by atoms with Crippen LogP contribution in [0.2, 0.25) is 0 Å². The lowest BCUT2D eigenvalue weighted by molar-refractivity contribution is -0.145. The first-order chi connectivity index (χ1) is 5.42. The maximum atomic E-state index is 10.7. The molecule has 0 radical (unpaired) electrons. The Labute approximate surface area is 73.4 Å². The molecule has 1 heterocycles. The standard InChI is InChI=1S/C9H17NO2/c1-9(2)5-4-7(8(11)12)10(3)6-9/h7H,4-6H2,1-3H3,(H,11,12). The number of likely N-dealkylation sites (tertiary alicyclic amines) is 1. The molecule has 0 amide bonds. The molecule has 0 saturated carbocycles. The van der Waals surface area contributed by atoms with Gasteiger partial charge in [-0.15, -0.1) is 0 Å². The molecule has 0 aliphatic carbocycles. The van der Waals surface area contributed by atoms with Crippen LogP contribution >= 0.6 is 0 Å². The van der Waals surface area contributed by atoms with Crippen molar-refractivity contribution in [2.24, 2.45) is 5.41 Å². The van der Waals surface area contributed by atoms with Gasteiger partial charge in [0.15, 0.2) is 0 Å². The molecule has 1 N–H and O–H groups in total. The van der Waals surface area contributed by atoms with Crippen molar-refractivity contribution in [2.75, 3.05) is 13.6 Å². The van der Waals surface area contributed by atoms with Gasteiger partial charge < -0.3 is 5.11 Å². The topological polar surface area (TPSA) is 40.5 Å². The number of hydrogen-bond acceptors (Lipinski definition) is 2. The Bertz CT molecular complexity index is 189. The van der Waals surface area contributed by atoms with Gasteiger partial charge in [-0.2, -0.15) is 0 Å². The number of carboxylic acids is 1. The number of hydrogen-bond donors (Lipinski definition) is 1. The van der Waals surface area contributed by atoms with E-state index in [4.69, 9.17) is 5.11 Å². The second-order valence-electron chi connectivity index (χ2n) is 4.47. The first-order valence-corrected chi connectivity index (χ1v) is 4.35. The number of rotatable bonds is 1. The summed E-state index contributed by atoms with van der Waals surface area (Å²) in [6.07, 6.45) is 1.78. The normalized spacial score (nSPS) is 30.1. The van der Waals surface area contributed by atoms with Gasteiger partial charge in [-0.05, 0) is 25.3 Å². The lowest BCUT2D eigenvalue weighted by atomic mass is 9.81. The highest BCUT2D eigenvalue weighted by molar-refractivity contribution is 5.73. The largest absolute Gasteiger partial charge is 0.480 e. The predicted molar refractivity (Wildman–Crippen MR) is 47.1 cm³/mol. The maximum absolute atomic E-state index is 10.7. The molecule has 3 nitrogen and oxygen atoms in total. The van der Waals surface area contributed by atoms with Crippen LogP contribution in [0.15, 0.2) is 0 Å². The summed E-state index contributed by atoms with van der Waals surface area (Å²) in [7, 11) is 1.89. The molecule has 0 aromatic rings. The van der Waals surface area contributed by atoms with Gasteiger partial charge in [0.25, 0.3) is 0 Å². The first-order valence-electron chi connectivity index (χ1n) is 4.35. The van der Waals surface area contributed by atoms with Crippen molar-refractivity contribution in [1.82, 2.24) is 4.90 Å². The number of nitrogens with zero attached hydrogens (tertiary/aromatic N) is 1. The van der Waals surface area contributed by atoms with E-state index < -0.39 is 5.97 Å². The van der Waals surface area contributed by atoms with Gasteiger partial charge in [0.1, 0.15) is 6.04 Å². The third-order valence-corrected chi connectivity index (χ3v) is 2.59. The predicted octanol–water partition coefficient (Wildman–Crippen LogP) is 1.19. The lowest BCUT2D eigenvalue weighted by Gasteiger charge is -2.39. The minimum absolute atomic E-state index is 0.266. The van der Waals surface area contributed by atoms with Crippen molar-refractivity contribution in [3.63, 3.8) is 0 Å². The minimum atomic E-state index is -0.687. The zero-order valence-corrected chi connectivity index (χ0v) is 8.00. The zero-order chi connectivity index (χ0) is 9.35. The number of aliphatic carboxylic acids is 1. The Morgan fingerprint density at radius 1 is 1.58 bits per heavy atom. The van der Waals surface area contributed by atoms with Crippen LogP contribution in [0.4, 0.5) is 0 Å². The van der Waals surface area contributed by atoms with Crippen molar-refractivity contribution in [3.8, 4) is 0 Å². The number of piperidine rings is 1. The molecule has 1 unspecified atom stereocenters. The van der Waals surface area contributed by atoms with Crippen molar-refractivity contribution in [2.45, 2.75) is 32.7 Å². The smallest absolute Gasteiger partial charge is 0.320 e. The summed E-state index contributed by atoms with van der Waals surface area (Å²) >= 11 is 0. The molecule has 1 fully saturated rings. The van der Waals surface area contributed by atoms with Gasteiger partial charge in [0.05, 0.1) is 0 Å². The molecule has 1 rings (SSSR count). The van der Waals surface area contributed by atoms with Gasteiger partial charge in [-0.25, -0.2) is 0 Å². The van der Waals surface area contributed by atoms with Crippen LogP contribution in [-0.4, -0.2) is 35.6 Å². The van der Waals surface area contributed by atoms with Gasteiger partial charge in [-0.1, -0.05) is 13.8 Å². The first kappa shape index (κ1) is 9.52. The maximum Gasteiger partial charge on any atom is 0.320 e. The summed E-state index contributed by atoms with van der Waals surface area (Å²) in [6, 6.07) is -0.266. The fourth-order valence-electron chi connectivity index (χ4n) is 1.92. The lowest BCUT2D eigenvalue weighted by Crippen LogP contribution is -2.48. The SMILES string of the molecule is CN1CC(C)(C)CCC1C(=O)O. The highest BCUT2D eigenvalue weighted by Crippen LogP contribution is 2.30. The van der Waals surface area contributed by atoms with Crippen molar-refractivity contribution >= 4 is 5.97 Å². The number of carboxylic acid groups (broad SMARTS) is 1. The second kappa shape index (κ2) is 3.05. The van der Waals surface area contributed by atoms with E-state index in [0.29, 0.717) is 0 Å². The van der Waals surface area contributed by atoms with Crippen molar-refractivity contribution < 1.29 is 9.90 Å². The highest BCUT2D eigenvalue weighted by Gasteiger charge is 2.34. The van der Waals surface area contributed by atoms with E-state index in [9.17, 15) is 4.79 Å². The summed E-state index contributed by atoms with van der Waals surface area (Å²) in [5.41, 5.74) is 0.278. The summed E-state index contributed by atoms with van der Waals surface area (Å²) < 4.78 is 0. The van der Waals surface area contributed by atoms with Crippen LogP contribution in [0.25, 0.3) is 0 Å². The average molecular weight is 171 g/mol. The Morgan fingerprint density at radius 3 is 2.58 bits per heavy atom. The van der Waals surface area contributed by atoms with E-state index in [1.807, 2.05) is 11.9 Å². The van der Waals surface area contributed by atoms with Crippen LogP contribution in [-0.2, 0) is 4.79 Å². The second-order valence-corrected chi connectivity index (χ2v) is 4.47. The minimum Gasteiger partial charge on any atom is -0.480 e. The van der Waals surface area contributed by atoms with E-state index >= 15 is 0 Å². The fraction of sp³-hybridized carbons (Fsp3) is 0.889. The summed E-state index contributed by atoms with van der Waals surface area (Å²) in [6.45, 7) is 5.24. The van der Waals surface area contributed by atoms with Crippen molar-refractivity contribution in [3.05, 3.63) is 0 Å². The molecule has 3 heteroatoms. The number of carbonyl (C=O) groups is 1. The number of likely N-dealkylation sites (N-methyl/N-ethyl adjacent to an activating group) is 1. The zero-order valence-electron chi connectivity index (χ0n) is 8.00. The summed E-state index contributed by atoms with van der Waals surface area (Å²) in [5, 5.41) is 8.84. The quantitative estimate of drug-likeness (QED) is 0.644. The molecule has 0 aromatic carbocycles. The van der Waals surface area contributed by atoms with Gasteiger partial charge in [-0.3, -0.25) is 9.69 Å². The molecule has 1 saturated heterocycles. The van der Waals surface area contributed by atoms with Gasteiger partial charge >= 0.3 is 5.97 Å². The van der Waals surface area contributed by atoms with E-state index in [1.54, 1.807) is 0 Å². The van der Waals surface area contributed by atoms with E-state index in [1.165, 1.54) is 0 Å². The molecule has 1 aliphatic rings. The van der Waals surface area contributed by atoms with Crippen LogP contribution < -0.4 is 0 Å². The van der Waals surface area contributed by atoms with Crippen molar-refractivity contribution in [1.29, 1.82) is 0 Å². The molecular weight excluding hydrogens is 154 g/mol. The molecule has 1 aliphatic heterocycles. The molecule has 12 heavy (non-hydrogen) atoms. The Kier molecular flexibility index (Phi) is 2.42. The third-order valence-electron chi connectivity index (χ3n) is 2.59. The molecular formula is C9H17NO2. The van der Waals surface area contributed by atoms with Crippen LogP contribution in [0.5, 0.6) is 0 Å². The highest BCUT2D eigenvalue weighted by atomic mass is 16.4. The molecule has 70 valence electrons. The van der Waals surface area contributed by atoms with Gasteiger partial charge in [0.2, 0.25) is 0 Å². The average Bonchev–Trinajstić information content (AvgIpc) is 1.83. The molecule has 1 atom stereocenters. The molecule has 0 aromatic heterocycles. The van der Waals surface area contributed by atoms with E-state index in [-0.39, 0.29) is 11.5 Å². The van der Waals surface area contributed by atoms with Crippen LogP contribution in [0, 0.1) is 5.41 Å². The monoisotopic (exact) mass is 171 g/mol. The Hall–Kier alpha value is -0.570. The summed E-state index contributed by atoms with van der Waals surface area (Å²) in [5.74, 6) is -0.687. The van der Waals surface area contributed by atoms with Gasteiger partial charge in [0, 0.05) is 6.54 Å². The van der Waals surface area contributed by atoms with E-state index in [2.05, 4.69) is 13.8 Å². The van der Waals surface area contributed by atoms with Crippen LogP contribution in [0.1, 0.15) is 26.7 Å². The van der Waals surface area contributed by atoms with E-state index in [0.717, 1.165) is 19.4 Å². The Balaban J connectivity index is 2.60. The molecule has 0 bridgehead atoms. The summed E-state index contributed by atoms with van der Waals surface area (Å²) in [4.78, 5) is 12.7.